The van der Waals surface area contributed by atoms with E-state index in [1.807, 2.05) is 0 Å². The van der Waals surface area contributed by atoms with Gasteiger partial charge < -0.3 is 15.4 Å². The van der Waals surface area contributed by atoms with E-state index in [1.54, 1.807) is 0 Å². The Labute approximate surface area is 90.4 Å². The molecule has 0 aromatic carbocycles. The number of nitro groups is 1. The summed E-state index contributed by atoms with van der Waals surface area (Å²) < 4.78 is 12.9. The number of rotatable bonds is 6. The molecule has 1 aromatic heterocycles. The van der Waals surface area contributed by atoms with Gasteiger partial charge in [0, 0.05) is 6.54 Å². The first-order chi connectivity index (χ1) is 7.65. The topological polar surface area (TPSA) is 90.1 Å². The second kappa shape index (κ2) is 5.79. The number of hydrogen-bond acceptors (Lipinski definition) is 4. The number of aromatic nitrogens is 2. The molecular weight excluding hydrogens is 219 g/mol. The average molecular weight is 230 g/mol. The van der Waals surface area contributed by atoms with Crippen molar-refractivity contribution in [3.05, 3.63) is 22.5 Å². The Morgan fingerprint density at radius 2 is 2.44 bits per heavy atom. The Balaban J connectivity index is 2.49. The number of nitrogens with one attached hydrogen (secondary N) is 1. The van der Waals surface area contributed by atoms with Gasteiger partial charge >= 0.3 is 5.95 Å². The van der Waals surface area contributed by atoms with Crippen molar-refractivity contribution in [1.29, 1.82) is 0 Å². The predicted octanol–water partition coefficient (Wildman–Crippen LogP) is 0.267. The minimum atomic E-state index is -0.672. The lowest BCUT2D eigenvalue weighted by Gasteiger charge is -2.03. The highest BCUT2D eigenvalue weighted by Crippen LogP contribution is 2.06. The van der Waals surface area contributed by atoms with Crippen LogP contribution >= 0.6 is 0 Å². The van der Waals surface area contributed by atoms with E-state index in [0.29, 0.717) is 0 Å². The summed E-state index contributed by atoms with van der Waals surface area (Å²) in [5.74, 6) is -0.796. The van der Waals surface area contributed by atoms with E-state index in [0.717, 1.165) is 4.57 Å². The SMILES string of the molecule is O=C(Cn1ccnc1[N+](=O)[O-])NCCCF. The number of carbonyl (C=O) groups is 1. The molecule has 1 aromatic rings. The zero-order valence-corrected chi connectivity index (χ0v) is 8.43. The van der Waals surface area contributed by atoms with E-state index in [4.69, 9.17) is 0 Å². The highest BCUT2D eigenvalue weighted by atomic mass is 19.1. The van der Waals surface area contributed by atoms with Crippen LogP contribution in [0, 0.1) is 10.1 Å². The van der Waals surface area contributed by atoms with Crippen molar-refractivity contribution in [1.82, 2.24) is 14.9 Å². The number of halogens is 1. The summed E-state index contributed by atoms with van der Waals surface area (Å²) in [5.41, 5.74) is 0. The van der Waals surface area contributed by atoms with Gasteiger partial charge in [0.05, 0.1) is 6.67 Å². The van der Waals surface area contributed by atoms with Crippen molar-refractivity contribution >= 4 is 11.9 Å². The average Bonchev–Trinajstić information content (AvgIpc) is 2.66. The monoisotopic (exact) mass is 230 g/mol. The van der Waals surface area contributed by atoms with Gasteiger partial charge in [-0.05, 0) is 11.3 Å². The van der Waals surface area contributed by atoms with Gasteiger partial charge in [-0.2, -0.15) is 0 Å². The summed E-state index contributed by atoms with van der Waals surface area (Å²) in [6.45, 7) is -0.480. The van der Waals surface area contributed by atoms with Crippen molar-refractivity contribution in [2.45, 2.75) is 13.0 Å². The second-order valence-corrected chi connectivity index (χ2v) is 3.00. The quantitative estimate of drug-likeness (QED) is 0.431. The zero-order chi connectivity index (χ0) is 12.0. The summed E-state index contributed by atoms with van der Waals surface area (Å²) in [6.07, 6.45) is 2.82. The lowest BCUT2D eigenvalue weighted by atomic mass is 10.4. The molecule has 0 saturated heterocycles. The number of carbonyl (C=O) groups excluding carboxylic acids is 1. The van der Waals surface area contributed by atoms with Crippen molar-refractivity contribution in [3.63, 3.8) is 0 Å². The van der Waals surface area contributed by atoms with Crippen LogP contribution < -0.4 is 5.32 Å². The molecule has 0 fully saturated rings. The van der Waals surface area contributed by atoms with Crippen LogP contribution in [0.5, 0.6) is 0 Å². The largest absolute Gasteiger partial charge is 0.435 e. The maximum atomic E-state index is 11.7. The Bertz CT molecular complexity index is 379. The Kier molecular flexibility index (Phi) is 4.37. The van der Waals surface area contributed by atoms with E-state index < -0.39 is 17.5 Å². The van der Waals surface area contributed by atoms with Gasteiger partial charge in [-0.1, -0.05) is 4.98 Å². The molecule has 1 N–H and O–H groups in total. The maximum Gasteiger partial charge on any atom is 0.435 e. The molecule has 0 atom stereocenters. The van der Waals surface area contributed by atoms with E-state index in [2.05, 4.69) is 10.3 Å². The first-order valence-corrected chi connectivity index (χ1v) is 4.63. The van der Waals surface area contributed by atoms with E-state index >= 15 is 0 Å². The Hall–Kier alpha value is -1.99. The van der Waals surface area contributed by atoms with Crippen LogP contribution in [0.25, 0.3) is 0 Å². The normalized spacial score (nSPS) is 10.1. The van der Waals surface area contributed by atoms with Crippen LogP contribution in [0.15, 0.2) is 12.4 Å². The molecule has 88 valence electrons. The molecular formula is C8H11FN4O3. The third-order valence-electron chi connectivity index (χ3n) is 1.80. The fourth-order valence-electron chi connectivity index (χ4n) is 1.10. The molecule has 1 heterocycles. The minimum Gasteiger partial charge on any atom is -0.390 e. The third-order valence-corrected chi connectivity index (χ3v) is 1.80. The smallest absolute Gasteiger partial charge is 0.390 e. The molecule has 0 aliphatic carbocycles. The molecule has 0 bridgehead atoms. The zero-order valence-electron chi connectivity index (χ0n) is 8.43. The van der Waals surface area contributed by atoms with Gasteiger partial charge in [-0.25, -0.2) is 4.57 Å². The van der Waals surface area contributed by atoms with Crippen molar-refractivity contribution < 1.29 is 14.1 Å². The van der Waals surface area contributed by atoms with E-state index in [9.17, 15) is 19.3 Å². The van der Waals surface area contributed by atoms with Gasteiger partial charge in [0.15, 0.2) is 6.54 Å². The number of nitrogens with zero attached hydrogens (tertiary/aromatic N) is 3. The van der Waals surface area contributed by atoms with Gasteiger partial charge in [-0.15, -0.1) is 0 Å². The molecule has 0 unspecified atom stereocenters. The highest BCUT2D eigenvalue weighted by Gasteiger charge is 2.16. The van der Waals surface area contributed by atoms with Crippen LogP contribution in [0.1, 0.15) is 6.42 Å². The molecule has 7 nitrogen and oxygen atoms in total. The molecule has 8 heteroatoms. The molecule has 0 aliphatic heterocycles. The fourth-order valence-corrected chi connectivity index (χ4v) is 1.10. The standard InChI is InChI=1S/C8H11FN4O3/c9-2-1-3-10-7(14)6-12-5-4-11-8(12)13(15)16/h4-5H,1-3,6H2,(H,10,14). The van der Waals surface area contributed by atoms with Crippen molar-refractivity contribution in [2.75, 3.05) is 13.2 Å². The Morgan fingerprint density at radius 1 is 1.69 bits per heavy atom. The lowest BCUT2D eigenvalue weighted by molar-refractivity contribution is -0.396. The number of amides is 1. The van der Waals surface area contributed by atoms with E-state index in [1.165, 1.54) is 12.4 Å². The molecule has 1 amide bonds. The van der Waals surface area contributed by atoms with Crippen LogP contribution in [0.2, 0.25) is 0 Å². The van der Waals surface area contributed by atoms with Gasteiger partial charge in [0.2, 0.25) is 0 Å². The van der Waals surface area contributed by atoms with Crippen LogP contribution in [0.4, 0.5) is 10.3 Å². The first-order valence-electron chi connectivity index (χ1n) is 4.63. The fraction of sp³-hybridized carbons (Fsp3) is 0.500. The highest BCUT2D eigenvalue weighted by molar-refractivity contribution is 5.75. The Morgan fingerprint density at radius 3 is 3.06 bits per heavy atom. The van der Waals surface area contributed by atoms with Gasteiger partial charge in [0.1, 0.15) is 12.4 Å². The molecule has 1 rings (SSSR count). The third kappa shape index (κ3) is 3.30. The van der Waals surface area contributed by atoms with E-state index in [-0.39, 0.29) is 25.5 Å². The molecule has 0 saturated carbocycles. The van der Waals surface area contributed by atoms with Gasteiger partial charge in [-0.3, -0.25) is 9.18 Å². The number of imidazole rings is 1. The summed E-state index contributed by atoms with van der Waals surface area (Å²) in [6, 6.07) is 0. The number of alkyl halides is 1. The molecule has 0 spiro atoms. The van der Waals surface area contributed by atoms with Crippen molar-refractivity contribution in [2.24, 2.45) is 0 Å². The first kappa shape index (κ1) is 12.1. The lowest BCUT2D eigenvalue weighted by Crippen LogP contribution is -2.28. The van der Waals surface area contributed by atoms with Crippen LogP contribution in [0.3, 0.4) is 0 Å². The number of hydrogen-bond donors (Lipinski definition) is 1. The van der Waals surface area contributed by atoms with Crippen LogP contribution in [-0.4, -0.2) is 33.6 Å². The second-order valence-electron chi connectivity index (χ2n) is 3.00. The maximum absolute atomic E-state index is 11.7. The van der Waals surface area contributed by atoms with Crippen LogP contribution in [-0.2, 0) is 11.3 Å². The molecule has 0 aliphatic rings. The predicted molar refractivity (Wildman–Crippen MR) is 52.5 cm³/mol. The molecule has 0 radical (unpaired) electrons. The summed E-state index contributed by atoms with van der Waals surface area (Å²) >= 11 is 0. The molecule has 16 heavy (non-hydrogen) atoms. The summed E-state index contributed by atoms with van der Waals surface area (Å²) in [7, 11) is 0. The minimum absolute atomic E-state index is 0.192. The summed E-state index contributed by atoms with van der Waals surface area (Å²) in [5, 5.41) is 12.9. The summed E-state index contributed by atoms with van der Waals surface area (Å²) in [4.78, 5) is 24.5. The van der Waals surface area contributed by atoms with Crippen molar-refractivity contribution in [3.8, 4) is 0 Å². The van der Waals surface area contributed by atoms with Gasteiger partial charge in [0.25, 0.3) is 5.91 Å².